The summed E-state index contributed by atoms with van der Waals surface area (Å²) in [5.41, 5.74) is 0. The number of nitrogens with one attached hydrogen (secondary N) is 1. The molecule has 0 aliphatic heterocycles. The average Bonchev–Trinajstić information content (AvgIpc) is 2.15. The van der Waals surface area contributed by atoms with E-state index in [2.05, 4.69) is 0 Å². The zero-order chi connectivity index (χ0) is 14.8. The van der Waals surface area contributed by atoms with Crippen LogP contribution < -0.4 is 4.72 Å². The summed E-state index contributed by atoms with van der Waals surface area (Å²) in [6.07, 6.45) is -7.14. The van der Waals surface area contributed by atoms with Crippen molar-refractivity contribution in [3.8, 4) is 0 Å². The van der Waals surface area contributed by atoms with E-state index in [1.165, 1.54) is 0 Å². The van der Waals surface area contributed by atoms with Gasteiger partial charge in [0.15, 0.2) is 0 Å². The summed E-state index contributed by atoms with van der Waals surface area (Å²) in [7, 11) is -6.24. The molecule has 0 rings (SSSR count). The quantitative estimate of drug-likeness (QED) is 0.570. The van der Waals surface area contributed by atoms with Gasteiger partial charge in [-0.2, -0.15) is 30.7 Å². The Hall–Kier alpha value is -0.620. The molecule has 110 valence electrons. The van der Waals surface area contributed by atoms with Crippen molar-refractivity contribution < 1.29 is 44.3 Å². The highest BCUT2D eigenvalue weighted by atomic mass is 32.2. The van der Waals surface area contributed by atoms with Gasteiger partial charge in [-0.3, -0.25) is 0 Å². The number of alkyl halides is 7. The van der Waals surface area contributed by atoms with E-state index in [0.29, 0.717) is 0 Å². The van der Waals surface area contributed by atoms with Crippen molar-refractivity contribution in [3.05, 3.63) is 0 Å². The van der Waals surface area contributed by atoms with E-state index in [1.54, 1.807) is 0 Å². The van der Waals surface area contributed by atoms with E-state index < -0.39 is 46.9 Å². The Bertz CT molecular complexity index is 377. The van der Waals surface area contributed by atoms with Crippen LogP contribution in [0.1, 0.15) is 6.42 Å². The largest absolute Gasteiger partial charge is 0.461 e. The Kier molecular flexibility index (Phi) is 4.99. The predicted molar refractivity (Wildman–Crippen MR) is 44.6 cm³/mol. The number of rotatable bonds is 6. The van der Waals surface area contributed by atoms with Crippen molar-refractivity contribution in [2.24, 2.45) is 0 Å². The van der Waals surface area contributed by atoms with E-state index in [1.807, 2.05) is 0 Å². The van der Waals surface area contributed by atoms with Crippen LogP contribution in [-0.4, -0.2) is 44.0 Å². The lowest BCUT2D eigenvalue weighted by Crippen LogP contribution is -2.59. The summed E-state index contributed by atoms with van der Waals surface area (Å²) in [6, 6.07) is 0. The highest BCUT2D eigenvalue weighted by Gasteiger charge is 2.78. The van der Waals surface area contributed by atoms with Crippen molar-refractivity contribution in [1.29, 1.82) is 0 Å². The molecule has 0 unspecified atom stereocenters. The molecule has 0 heterocycles. The molecular formula is C6H8F7NO3S. The number of sulfonamides is 1. The van der Waals surface area contributed by atoms with Crippen LogP contribution in [0.2, 0.25) is 0 Å². The molecule has 0 amide bonds. The summed E-state index contributed by atoms with van der Waals surface area (Å²) >= 11 is 0. The van der Waals surface area contributed by atoms with E-state index in [0.717, 1.165) is 4.72 Å². The van der Waals surface area contributed by atoms with Gasteiger partial charge in [-0.25, -0.2) is 13.1 Å². The predicted octanol–water partition coefficient (Wildman–Crippen LogP) is 1.08. The minimum Gasteiger partial charge on any atom is -0.396 e. The van der Waals surface area contributed by atoms with Gasteiger partial charge in [0, 0.05) is 13.2 Å². The average molecular weight is 307 g/mol. The second-order valence-electron chi connectivity index (χ2n) is 3.06. The lowest BCUT2D eigenvalue weighted by Gasteiger charge is -2.27. The summed E-state index contributed by atoms with van der Waals surface area (Å²) < 4.78 is 107. The van der Waals surface area contributed by atoms with Crippen LogP contribution in [0.25, 0.3) is 0 Å². The molecule has 0 bridgehead atoms. The first-order valence-electron chi connectivity index (χ1n) is 4.23. The summed E-state index contributed by atoms with van der Waals surface area (Å²) in [4.78, 5) is 0. The molecular weight excluding hydrogens is 299 g/mol. The van der Waals surface area contributed by atoms with Crippen LogP contribution >= 0.6 is 0 Å². The molecule has 0 aromatic carbocycles. The highest BCUT2D eigenvalue weighted by molar-refractivity contribution is 7.90. The molecule has 0 spiro atoms. The molecule has 18 heavy (non-hydrogen) atoms. The molecule has 0 radical (unpaired) electrons. The third-order valence-electron chi connectivity index (χ3n) is 1.69. The molecule has 4 nitrogen and oxygen atoms in total. The first-order valence-corrected chi connectivity index (χ1v) is 5.72. The fraction of sp³-hybridized carbons (Fsp3) is 1.00. The smallest absolute Gasteiger partial charge is 0.396 e. The normalized spacial score (nSPS) is 14.9. The van der Waals surface area contributed by atoms with Gasteiger partial charge >= 0.3 is 17.4 Å². The van der Waals surface area contributed by atoms with Gasteiger partial charge < -0.3 is 5.11 Å². The third kappa shape index (κ3) is 3.03. The van der Waals surface area contributed by atoms with Gasteiger partial charge in [-0.05, 0) is 6.42 Å². The van der Waals surface area contributed by atoms with Crippen molar-refractivity contribution in [2.45, 2.75) is 23.8 Å². The number of aliphatic hydroxyl groups excluding tert-OH is 1. The molecule has 0 aromatic rings. The molecule has 0 fully saturated rings. The Morgan fingerprint density at radius 3 is 1.78 bits per heavy atom. The standard InChI is InChI=1S/C6H8F7NO3S/c7-4(8,5(9,10)11)6(12,13)18(16,17)14-2-1-3-15/h14-15H,1-3H2. The van der Waals surface area contributed by atoms with Crippen LogP contribution in [0.4, 0.5) is 30.7 Å². The zero-order valence-corrected chi connectivity index (χ0v) is 9.26. The van der Waals surface area contributed by atoms with Gasteiger partial charge in [0.2, 0.25) is 0 Å². The first-order chi connectivity index (χ1) is 7.81. The maximum absolute atomic E-state index is 12.7. The fourth-order valence-corrected chi connectivity index (χ4v) is 1.76. The van der Waals surface area contributed by atoms with E-state index >= 15 is 0 Å². The van der Waals surface area contributed by atoms with Gasteiger partial charge in [0.25, 0.3) is 10.0 Å². The fourth-order valence-electron chi connectivity index (χ4n) is 0.710. The van der Waals surface area contributed by atoms with Gasteiger partial charge in [0.1, 0.15) is 0 Å². The van der Waals surface area contributed by atoms with Crippen LogP contribution in [0.15, 0.2) is 0 Å². The monoisotopic (exact) mass is 307 g/mol. The molecule has 0 saturated heterocycles. The van der Waals surface area contributed by atoms with E-state index in [9.17, 15) is 39.2 Å². The minimum absolute atomic E-state index is 0.424. The number of hydrogen-bond donors (Lipinski definition) is 2. The summed E-state index contributed by atoms with van der Waals surface area (Å²) in [6.45, 7) is -1.56. The van der Waals surface area contributed by atoms with Crippen molar-refractivity contribution in [2.75, 3.05) is 13.2 Å². The summed E-state index contributed by atoms with van der Waals surface area (Å²) in [5.74, 6) is -6.73. The van der Waals surface area contributed by atoms with Crippen LogP contribution in [0.5, 0.6) is 0 Å². The second kappa shape index (κ2) is 5.17. The van der Waals surface area contributed by atoms with Crippen molar-refractivity contribution >= 4 is 10.0 Å². The number of hydrogen-bond acceptors (Lipinski definition) is 3. The van der Waals surface area contributed by atoms with Crippen LogP contribution in [0.3, 0.4) is 0 Å². The molecule has 0 aromatic heterocycles. The maximum atomic E-state index is 12.7. The van der Waals surface area contributed by atoms with Crippen molar-refractivity contribution in [1.82, 2.24) is 4.72 Å². The first kappa shape index (κ1) is 17.4. The van der Waals surface area contributed by atoms with Gasteiger partial charge in [0.05, 0.1) is 0 Å². The Balaban J connectivity index is 5.25. The number of aliphatic hydroxyl groups is 1. The SMILES string of the molecule is O=S(=O)(NCCCO)C(F)(F)C(F)(F)C(F)(F)F. The summed E-state index contributed by atoms with van der Waals surface area (Å²) in [5, 5.41) is 1.85. The van der Waals surface area contributed by atoms with Crippen LogP contribution in [-0.2, 0) is 10.0 Å². The Labute approximate surface area is 96.8 Å². The third-order valence-corrected chi connectivity index (χ3v) is 3.20. The number of halogens is 7. The molecule has 12 heteroatoms. The molecule has 0 aliphatic carbocycles. The lowest BCUT2D eigenvalue weighted by molar-refractivity contribution is -0.332. The highest BCUT2D eigenvalue weighted by Crippen LogP contribution is 2.48. The minimum atomic E-state index is -6.73. The molecule has 0 atom stereocenters. The van der Waals surface area contributed by atoms with E-state index in [4.69, 9.17) is 5.11 Å². The van der Waals surface area contributed by atoms with Gasteiger partial charge in [-0.15, -0.1) is 0 Å². The molecule has 2 N–H and O–H groups in total. The lowest BCUT2D eigenvalue weighted by atomic mass is 10.3. The van der Waals surface area contributed by atoms with E-state index in [-0.39, 0.29) is 0 Å². The Morgan fingerprint density at radius 2 is 1.44 bits per heavy atom. The Morgan fingerprint density at radius 1 is 1.00 bits per heavy atom. The van der Waals surface area contributed by atoms with Crippen LogP contribution in [0, 0.1) is 0 Å². The second-order valence-corrected chi connectivity index (χ2v) is 4.87. The zero-order valence-electron chi connectivity index (χ0n) is 8.44. The molecule has 0 aliphatic rings. The van der Waals surface area contributed by atoms with Crippen molar-refractivity contribution in [3.63, 3.8) is 0 Å². The van der Waals surface area contributed by atoms with Gasteiger partial charge in [-0.1, -0.05) is 0 Å². The molecule has 0 saturated carbocycles. The topological polar surface area (TPSA) is 66.4 Å². The maximum Gasteiger partial charge on any atom is 0.461 e.